The van der Waals surface area contributed by atoms with Crippen LogP contribution in [0.5, 0.6) is 5.75 Å². The fourth-order valence-corrected chi connectivity index (χ4v) is 2.65. The SMILES string of the molecule is CCCC(CNCC(C)C)Oc1ccc(S(C)(=O)=O)cc1. The first-order valence-electron chi connectivity index (χ1n) is 7.50. The first-order chi connectivity index (χ1) is 9.82. The molecule has 1 unspecified atom stereocenters. The average Bonchev–Trinajstić information content (AvgIpc) is 2.38. The van der Waals surface area contributed by atoms with Crippen molar-refractivity contribution in [2.24, 2.45) is 5.92 Å². The third-order valence-corrected chi connectivity index (χ3v) is 4.22. The normalized spacial score (nSPS) is 13.4. The van der Waals surface area contributed by atoms with Crippen LogP contribution in [0.2, 0.25) is 0 Å². The molecule has 0 spiro atoms. The smallest absolute Gasteiger partial charge is 0.175 e. The lowest BCUT2D eigenvalue weighted by Crippen LogP contribution is -2.33. The summed E-state index contributed by atoms with van der Waals surface area (Å²) in [6.45, 7) is 8.25. The van der Waals surface area contributed by atoms with Gasteiger partial charge < -0.3 is 10.1 Å². The maximum absolute atomic E-state index is 11.4. The van der Waals surface area contributed by atoms with Crippen molar-refractivity contribution in [1.29, 1.82) is 0 Å². The maximum atomic E-state index is 11.4. The molecule has 1 N–H and O–H groups in total. The molecule has 0 saturated carbocycles. The van der Waals surface area contributed by atoms with Crippen LogP contribution < -0.4 is 10.1 Å². The largest absolute Gasteiger partial charge is 0.489 e. The molecule has 21 heavy (non-hydrogen) atoms. The van der Waals surface area contributed by atoms with Gasteiger partial charge in [0.05, 0.1) is 4.90 Å². The minimum atomic E-state index is -3.15. The topological polar surface area (TPSA) is 55.4 Å². The van der Waals surface area contributed by atoms with Gasteiger partial charge in [0.2, 0.25) is 0 Å². The van der Waals surface area contributed by atoms with E-state index >= 15 is 0 Å². The standard InChI is InChI=1S/C16H27NO3S/c1-5-6-15(12-17-11-13(2)3)20-14-7-9-16(10-8-14)21(4,18)19/h7-10,13,15,17H,5-6,11-12H2,1-4H3. The van der Waals surface area contributed by atoms with Gasteiger partial charge >= 0.3 is 0 Å². The number of hydrogen-bond donors (Lipinski definition) is 1. The summed E-state index contributed by atoms with van der Waals surface area (Å²) in [6.07, 6.45) is 3.34. The van der Waals surface area contributed by atoms with E-state index in [0.717, 1.165) is 25.9 Å². The summed E-state index contributed by atoms with van der Waals surface area (Å²) in [7, 11) is -3.15. The molecule has 0 aliphatic heterocycles. The van der Waals surface area contributed by atoms with Gasteiger partial charge in [-0.15, -0.1) is 0 Å². The Morgan fingerprint density at radius 3 is 2.24 bits per heavy atom. The molecule has 1 rings (SSSR count). The fraction of sp³-hybridized carbons (Fsp3) is 0.625. The van der Waals surface area contributed by atoms with E-state index in [-0.39, 0.29) is 6.10 Å². The van der Waals surface area contributed by atoms with Gasteiger partial charge in [-0.2, -0.15) is 0 Å². The fourth-order valence-electron chi connectivity index (χ4n) is 2.02. The van der Waals surface area contributed by atoms with Crippen molar-refractivity contribution in [3.8, 4) is 5.75 Å². The second-order valence-corrected chi connectivity index (χ2v) is 7.84. The number of rotatable bonds is 9. The van der Waals surface area contributed by atoms with Crippen molar-refractivity contribution in [1.82, 2.24) is 5.32 Å². The van der Waals surface area contributed by atoms with E-state index in [4.69, 9.17) is 4.74 Å². The van der Waals surface area contributed by atoms with E-state index < -0.39 is 9.84 Å². The zero-order valence-corrected chi connectivity index (χ0v) is 14.2. The van der Waals surface area contributed by atoms with Gasteiger partial charge in [0, 0.05) is 12.8 Å². The van der Waals surface area contributed by atoms with Crippen LogP contribution in [0.15, 0.2) is 29.2 Å². The second kappa shape index (κ2) is 8.39. The summed E-state index contributed by atoms with van der Waals surface area (Å²) in [5.41, 5.74) is 0. The highest BCUT2D eigenvalue weighted by molar-refractivity contribution is 7.90. The number of ether oxygens (including phenoxy) is 1. The highest BCUT2D eigenvalue weighted by Crippen LogP contribution is 2.18. The highest BCUT2D eigenvalue weighted by Gasteiger charge is 2.11. The Hall–Kier alpha value is -1.07. The molecule has 120 valence electrons. The summed E-state index contributed by atoms with van der Waals surface area (Å²) < 4.78 is 28.8. The Morgan fingerprint density at radius 1 is 1.14 bits per heavy atom. The van der Waals surface area contributed by atoms with Crippen LogP contribution >= 0.6 is 0 Å². The van der Waals surface area contributed by atoms with Gasteiger partial charge in [0.1, 0.15) is 11.9 Å². The molecular formula is C16H27NO3S. The Kier molecular flexibility index (Phi) is 7.18. The molecule has 0 aliphatic rings. The minimum Gasteiger partial charge on any atom is -0.489 e. The Morgan fingerprint density at radius 2 is 1.76 bits per heavy atom. The predicted molar refractivity (Wildman–Crippen MR) is 86.6 cm³/mol. The van der Waals surface area contributed by atoms with Crippen LogP contribution in [0.1, 0.15) is 33.6 Å². The van der Waals surface area contributed by atoms with Crippen molar-refractivity contribution in [2.75, 3.05) is 19.3 Å². The molecule has 1 aromatic rings. The Balaban J connectivity index is 2.62. The van der Waals surface area contributed by atoms with Crippen LogP contribution in [0, 0.1) is 5.92 Å². The molecule has 5 heteroatoms. The lowest BCUT2D eigenvalue weighted by atomic mass is 10.2. The van der Waals surface area contributed by atoms with Crippen LogP contribution in [0.4, 0.5) is 0 Å². The maximum Gasteiger partial charge on any atom is 0.175 e. The first kappa shape index (κ1) is 18.0. The van der Waals surface area contributed by atoms with Crippen molar-refractivity contribution < 1.29 is 13.2 Å². The van der Waals surface area contributed by atoms with E-state index in [1.165, 1.54) is 6.26 Å². The number of sulfone groups is 1. The van der Waals surface area contributed by atoms with E-state index in [9.17, 15) is 8.42 Å². The molecule has 1 aromatic carbocycles. The monoisotopic (exact) mass is 313 g/mol. The van der Waals surface area contributed by atoms with Crippen LogP contribution in [0.25, 0.3) is 0 Å². The molecule has 0 aliphatic carbocycles. The van der Waals surface area contributed by atoms with Crippen LogP contribution in [-0.4, -0.2) is 33.9 Å². The number of nitrogens with one attached hydrogen (secondary N) is 1. The summed E-state index contributed by atoms with van der Waals surface area (Å²) in [5, 5.41) is 3.40. The third kappa shape index (κ3) is 6.96. The predicted octanol–water partition coefficient (Wildman–Crippen LogP) is 2.88. The van der Waals surface area contributed by atoms with Gasteiger partial charge in [-0.25, -0.2) is 8.42 Å². The molecule has 0 amide bonds. The Labute approximate surface area is 128 Å². The molecule has 0 saturated heterocycles. The molecule has 0 fully saturated rings. The zero-order valence-electron chi connectivity index (χ0n) is 13.4. The van der Waals surface area contributed by atoms with Gasteiger partial charge in [-0.05, 0) is 43.1 Å². The lowest BCUT2D eigenvalue weighted by Gasteiger charge is -2.20. The van der Waals surface area contributed by atoms with E-state index in [2.05, 4.69) is 26.1 Å². The Bertz CT molecular complexity index is 509. The quantitative estimate of drug-likeness (QED) is 0.761. The van der Waals surface area contributed by atoms with Gasteiger partial charge in [-0.1, -0.05) is 27.2 Å². The van der Waals surface area contributed by atoms with Crippen molar-refractivity contribution in [3.63, 3.8) is 0 Å². The number of hydrogen-bond acceptors (Lipinski definition) is 4. The molecule has 0 heterocycles. The summed E-state index contributed by atoms with van der Waals surface area (Å²) in [5.74, 6) is 1.33. The van der Waals surface area contributed by atoms with Crippen LogP contribution in [-0.2, 0) is 9.84 Å². The third-order valence-electron chi connectivity index (χ3n) is 3.09. The van der Waals surface area contributed by atoms with Crippen molar-refractivity contribution in [3.05, 3.63) is 24.3 Å². The molecular weight excluding hydrogens is 286 g/mol. The van der Waals surface area contributed by atoms with Gasteiger partial charge in [0.15, 0.2) is 9.84 Å². The van der Waals surface area contributed by atoms with Gasteiger partial charge in [0.25, 0.3) is 0 Å². The molecule has 0 aromatic heterocycles. The first-order valence-corrected chi connectivity index (χ1v) is 9.39. The highest BCUT2D eigenvalue weighted by atomic mass is 32.2. The van der Waals surface area contributed by atoms with Gasteiger partial charge in [-0.3, -0.25) is 0 Å². The second-order valence-electron chi connectivity index (χ2n) is 5.82. The van der Waals surface area contributed by atoms with Crippen LogP contribution in [0.3, 0.4) is 0 Å². The summed E-state index contributed by atoms with van der Waals surface area (Å²) in [6, 6.07) is 6.63. The molecule has 1 atom stereocenters. The molecule has 0 radical (unpaired) electrons. The van der Waals surface area contributed by atoms with E-state index in [1.807, 2.05) is 0 Å². The van der Waals surface area contributed by atoms with E-state index in [0.29, 0.717) is 16.6 Å². The lowest BCUT2D eigenvalue weighted by molar-refractivity contribution is 0.185. The minimum absolute atomic E-state index is 0.109. The number of benzene rings is 1. The molecule has 0 bridgehead atoms. The molecule has 4 nitrogen and oxygen atoms in total. The summed E-state index contributed by atoms with van der Waals surface area (Å²) in [4.78, 5) is 0.319. The average molecular weight is 313 g/mol. The van der Waals surface area contributed by atoms with E-state index in [1.54, 1.807) is 24.3 Å². The summed E-state index contributed by atoms with van der Waals surface area (Å²) >= 11 is 0. The van der Waals surface area contributed by atoms with Crippen molar-refractivity contribution >= 4 is 9.84 Å². The zero-order chi connectivity index (χ0) is 15.9. The van der Waals surface area contributed by atoms with Crippen molar-refractivity contribution in [2.45, 2.75) is 44.6 Å².